The van der Waals surface area contributed by atoms with Crippen LogP contribution in [0.4, 0.5) is 0 Å². The van der Waals surface area contributed by atoms with Crippen LogP contribution in [-0.4, -0.2) is 17.5 Å². The van der Waals surface area contributed by atoms with E-state index in [1.807, 2.05) is 6.92 Å². The normalized spacial score (nSPS) is 21.8. The van der Waals surface area contributed by atoms with E-state index in [-0.39, 0.29) is 17.5 Å². The Labute approximate surface area is 80.1 Å². The Morgan fingerprint density at radius 1 is 1.62 bits per heavy atom. The van der Waals surface area contributed by atoms with Crippen LogP contribution >= 0.6 is 0 Å². The lowest BCUT2D eigenvalue weighted by molar-refractivity contribution is -0.124. The molecule has 3 N–H and O–H groups in total. The second kappa shape index (κ2) is 4.09. The first-order valence-corrected chi connectivity index (χ1v) is 5.12. The highest BCUT2D eigenvalue weighted by atomic mass is 16.1. The van der Waals surface area contributed by atoms with Gasteiger partial charge in [0.1, 0.15) is 0 Å². The first-order valence-electron chi connectivity index (χ1n) is 5.12. The molecule has 3 heteroatoms. The first kappa shape index (κ1) is 10.5. The Kier molecular flexibility index (Phi) is 3.31. The van der Waals surface area contributed by atoms with Crippen molar-refractivity contribution >= 4 is 5.91 Å². The summed E-state index contributed by atoms with van der Waals surface area (Å²) in [5.74, 6) is 0.108. The summed E-state index contributed by atoms with van der Waals surface area (Å²) in [7, 11) is 0. The summed E-state index contributed by atoms with van der Waals surface area (Å²) in [5.41, 5.74) is 5.77. The maximum absolute atomic E-state index is 11.4. The van der Waals surface area contributed by atoms with Gasteiger partial charge in [-0.2, -0.15) is 0 Å². The van der Waals surface area contributed by atoms with Gasteiger partial charge in [0.25, 0.3) is 0 Å². The van der Waals surface area contributed by atoms with Gasteiger partial charge in [0.05, 0.1) is 0 Å². The highest BCUT2D eigenvalue weighted by molar-refractivity contribution is 5.77. The number of nitrogens with one attached hydrogen (secondary N) is 1. The van der Waals surface area contributed by atoms with Crippen molar-refractivity contribution in [2.45, 2.75) is 57.5 Å². The summed E-state index contributed by atoms with van der Waals surface area (Å²) in [6.07, 6.45) is 4.78. The molecule has 0 bridgehead atoms. The van der Waals surface area contributed by atoms with Crippen LogP contribution in [0.5, 0.6) is 0 Å². The van der Waals surface area contributed by atoms with E-state index in [4.69, 9.17) is 5.73 Å². The van der Waals surface area contributed by atoms with E-state index >= 15 is 0 Å². The number of amides is 1. The van der Waals surface area contributed by atoms with Crippen LogP contribution in [0.15, 0.2) is 0 Å². The molecule has 1 atom stereocenters. The second-order valence-electron chi connectivity index (χ2n) is 4.33. The number of rotatable bonds is 4. The number of hydrogen-bond acceptors (Lipinski definition) is 2. The predicted octanol–water partition coefficient (Wildman–Crippen LogP) is 1.17. The molecule has 0 radical (unpaired) electrons. The Morgan fingerprint density at radius 2 is 2.23 bits per heavy atom. The Morgan fingerprint density at radius 3 is 2.62 bits per heavy atom. The first-order chi connectivity index (χ1) is 6.06. The minimum absolute atomic E-state index is 0.0173. The maximum atomic E-state index is 11.4. The highest BCUT2D eigenvalue weighted by Crippen LogP contribution is 2.30. The molecule has 0 aromatic carbocycles. The van der Waals surface area contributed by atoms with Gasteiger partial charge in [-0.3, -0.25) is 4.79 Å². The zero-order chi connectivity index (χ0) is 9.90. The molecule has 1 unspecified atom stereocenters. The fraction of sp³-hybridized carbons (Fsp3) is 0.900. The summed E-state index contributed by atoms with van der Waals surface area (Å²) < 4.78 is 0. The summed E-state index contributed by atoms with van der Waals surface area (Å²) in [6.45, 7) is 4.11. The van der Waals surface area contributed by atoms with Crippen molar-refractivity contribution in [1.29, 1.82) is 0 Å². The topological polar surface area (TPSA) is 55.1 Å². The van der Waals surface area contributed by atoms with Gasteiger partial charge >= 0.3 is 0 Å². The molecule has 13 heavy (non-hydrogen) atoms. The SMILES string of the molecule is CCC(N)CC(=O)NC1(C)CCC1. The van der Waals surface area contributed by atoms with E-state index in [9.17, 15) is 4.79 Å². The molecule has 1 saturated carbocycles. The van der Waals surface area contributed by atoms with E-state index in [2.05, 4.69) is 12.2 Å². The molecule has 1 aliphatic carbocycles. The zero-order valence-corrected chi connectivity index (χ0v) is 8.60. The number of carbonyl (C=O) groups excluding carboxylic acids is 1. The minimum Gasteiger partial charge on any atom is -0.351 e. The van der Waals surface area contributed by atoms with Crippen molar-refractivity contribution in [1.82, 2.24) is 5.32 Å². The summed E-state index contributed by atoms with van der Waals surface area (Å²) in [4.78, 5) is 11.4. The van der Waals surface area contributed by atoms with Gasteiger partial charge in [-0.05, 0) is 32.6 Å². The fourth-order valence-electron chi connectivity index (χ4n) is 1.60. The van der Waals surface area contributed by atoms with Crippen LogP contribution in [-0.2, 0) is 4.79 Å². The summed E-state index contributed by atoms with van der Waals surface area (Å²) in [5, 5.41) is 3.04. The molecule has 0 aliphatic heterocycles. The molecular weight excluding hydrogens is 164 g/mol. The van der Waals surface area contributed by atoms with Crippen molar-refractivity contribution in [2.75, 3.05) is 0 Å². The molecule has 0 aromatic rings. The number of nitrogens with two attached hydrogens (primary N) is 1. The van der Waals surface area contributed by atoms with Crippen molar-refractivity contribution < 1.29 is 4.79 Å². The molecule has 1 rings (SSSR count). The van der Waals surface area contributed by atoms with Crippen LogP contribution in [0.3, 0.4) is 0 Å². The third kappa shape index (κ3) is 2.99. The summed E-state index contributed by atoms with van der Waals surface area (Å²) >= 11 is 0. The predicted molar refractivity (Wildman–Crippen MR) is 53.3 cm³/mol. The van der Waals surface area contributed by atoms with Crippen molar-refractivity contribution in [3.8, 4) is 0 Å². The monoisotopic (exact) mass is 184 g/mol. The van der Waals surface area contributed by atoms with Crippen LogP contribution in [0.2, 0.25) is 0 Å². The van der Waals surface area contributed by atoms with Gasteiger partial charge in [0.15, 0.2) is 0 Å². The molecular formula is C10H20N2O. The maximum Gasteiger partial charge on any atom is 0.221 e. The van der Waals surface area contributed by atoms with Crippen LogP contribution < -0.4 is 11.1 Å². The van der Waals surface area contributed by atoms with Gasteiger partial charge in [-0.25, -0.2) is 0 Å². The average Bonchev–Trinajstić information content (AvgIpc) is 2.01. The second-order valence-corrected chi connectivity index (χ2v) is 4.33. The molecule has 0 saturated heterocycles. The number of carbonyl (C=O) groups is 1. The Balaban J connectivity index is 2.24. The van der Waals surface area contributed by atoms with Gasteiger partial charge in [0, 0.05) is 18.0 Å². The van der Waals surface area contributed by atoms with E-state index in [0.29, 0.717) is 6.42 Å². The van der Waals surface area contributed by atoms with Crippen LogP contribution in [0, 0.1) is 0 Å². The lowest BCUT2D eigenvalue weighted by Gasteiger charge is -2.39. The molecule has 3 nitrogen and oxygen atoms in total. The van der Waals surface area contributed by atoms with Crippen molar-refractivity contribution in [3.63, 3.8) is 0 Å². The average molecular weight is 184 g/mol. The molecule has 0 spiro atoms. The smallest absolute Gasteiger partial charge is 0.221 e. The minimum atomic E-state index is 0.0173. The van der Waals surface area contributed by atoms with E-state index in [1.165, 1.54) is 6.42 Å². The third-order valence-corrected chi connectivity index (χ3v) is 2.87. The van der Waals surface area contributed by atoms with E-state index < -0.39 is 0 Å². The van der Waals surface area contributed by atoms with Crippen LogP contribution in [0.25, 0.3) is 0 Å². The van der Waals surface area contributed by atoms with Gasteiger partial charge in [-0.1, -0.05) is 6.92 Å². The molecule has 0 aromatic heterocycles. The molecule has 1 amide bonds. The summed E-state index contributed by atoms with van der Waals surface area (Å²) in [6, 6.07) is 0.0173. The van der Waals surface area contributed by atoms with Crippen LogP contribution in [0.1, 0.15) is 46.0 Å². The zero-order valence-electron chi connectivity index (χ0n) is 8.60. The standard InChI is InChI=1S/C10H20N2O/c1-3-8(11)7-9(13)12-10(2)5-4-6-10/h8H,3-7,11H2,1-2H3,(H,12,13). The van der Waals surface area contributed by atoms with E-state index in [0.717, 1.165) is 19.3 Å². The highest BCUT2D eigenvalue weighted by Gasteiger charge is 2.33. The lowest BCUT2D eigenvalue weighted by atomic mass is 9.78. The Hall–Kier alpha value is -0.570. The molecule has 1 aliphatic rings. The largest absolute Gasteiger partial charge is 0.351 e. The van der Waals surface area contributed by atoms with E-state index in [1.54, 1.807) is 0 Å². The fourth-order valence-corrected chi connectivity index (χ4v) is 1.60. The molecule has 76 valence electrons. The third-order valence-electron chi connectivity index (χ3n) is 2.87. The van der Waals surface area contributed by atoms with Gasteiger partial charge in [-0.15, -0.1) is 0 Å². The van der Waals surface area contributed by atoms with Gasteiger partial charge < -0.3 is 11.1 Å². The molecule has 1 fully saturated rings. The quantitative estimate of drug-likeness (QED) is 0.689. The van der Waals surface area contributed by atoms with Gasteiger partial charge in [0.2, 0.25) is 5.91 Å². The number of hydrogen-bond donors (Lipinski definition) is 2. The van der Waals surface area contributed by atoms with Crippen molar-refractivity contribution in [2.24, 2.45) is 5.73 Å². The lowest BCUT2D eigenvalue weighted by Crippen LogP contribution is -2.51. The Bertz CT molecular complexity index is 187. The van der Waals surface area contributed by atoms with Crippen molar-refractivity contribution in [3.05, 3.63) is 0 Å². The molecule has 0 heterocycles.